The number of rotatable bonds is 5. The number of aryl methyl sites for hydroxylation is 1. The number of pyridine rings is 1. The van der Waals surface area contributed by atoms with E-state index in [9.17, 15) is 4.79 Å². The van der Waals surface area contributed by atoms with Gasteiger partial charge in [-0.15, -0.1) is 0 Å². The fraction of sp³-hybridized carbons (Fsp3) is 0.217. The number of hydrogen-bond donors (Lipinski definition) is 1. The van der Waals surface area contributed by atoms with Crippen molar-refractivity contribution in [2.45, 2.75) is 20.8 Å². The minimum Gasteiger partial charge on any atom is -0.493 e. The topological polar surface area (TPSA) is 59.9 Å². The molecule has 0 bridgehead atoms. The molecule has 0 amide bonds. The number of fused-ring (bicyclic) bond motifs is 1. The molecule has 1 N–H and O–H groups in total. The van der Waals surface area contributed by atoms with Crippen molar-refractivity contribution in [2.75, 3.05) is 6.61 Å². The third kappa shape index (κ3) is 3.43. The van der Waals surface area contributed by atoms with Gasteiger partial charge in [-0.05, 0) is 37.1 Å². The molecule has 2 heterocycles. The number of nitrogens with one attached hydrogen (secondary N) is 1. The van der Waals surface area contributed by atoms with Gasteiger partial charge in [-0.2, -0.15) is 5.10 Å². The van der Waals surface area contributed by atoms with E-state index in [4.69, 9.17) is 4.74 Å². The second-order valence-electron chi connectivity index (χ2n) is 7.33. The minimum atomic E-state index is -0.177. The van der Waals surface area contributed by atoms with Crippen LogP contribution in [0.2, 0.25) is 0 Å². The number of H-pyrrole nitrogens is 1. The summed E-state index contributed by atoms with van der Waals surface area (Å²) >= 11 is 0. The van der Waals surface area contributed by atoms with Crippen LogP contribution in [0.3, 0.4) is 0 Å². The molecule has 0 radical (unpaired) electrons. The molecule has 5 heteroatoms. The molecule has 0 unspecified atom stereocenters. The van der Waals surface area contributed by atoms with E-state index in [-0.39, 0.29) is 5.56 Å². The number of nitrogens with zero attached hydrogens (tertiary/aromatic N) is 2. The average Bonchev–Trinajstić information content (AvgIpc) is 3.03. The monoisotopic (exact) mass is 373 g/mol. The summed E-state index contributed by atoms with van der Waals surface area (Å²) in [5.74, 6) is 1.17. The summed E-state index contributed by atoms with van der Waals surface area (Å²) in [4.78, 5) is 15.4. The Bertz CT molecular complexity index is 1190. The lowest BCUT2D eigenvalue weighted by Gasteiger charge is -2.14. The van der Waals surface area contributed by atoms with Gasteiger partial charge in [0.05, 0.1) is 29.2 Å². The number of hydrogen-bond acceptors (Lipinski definition) is 3. The zero-order valence-electron chi connectivity index (χ0n) is 16.3. The number of aromatic nitrogens is 3. The summed E-state index contributed by atoms with van der Waals surface area (Å²) in [5, 5.41) is 5.72. The van der Waals surface area contributed by atoms with E-state index in [2.05, 4.69) is 23.9 Å². The first-order chi connectivity index (χ1) is 13.5. The Hall–Kier alpha value is -3.34. The van der Waals surface area contributed by atoms with Gasteiger partial charge in [-0.25, -0.2) is 4.68 Å². The predicted molar refractivity (Wildman–Crippen MR) is 112 cm³/mol. The maximum absolute atomic E-state index is 12.4. The highest BCUT2D eigenvalue weighted by molar-refractivity contribution is 5.83. The molecule has 0 aliphatic carbocycles. The number of ether oxygens (including phenoxy) is 1. The van der Waals surface area contributed by atoms with Crippen LogP contribution in [0.25, 0.3) is 27.8 Å². The highest BCUT2D eigenvalue weighted by Gasteiger charge is 2.13. The van der Waals surface area contributed by atoms with Crippen LogP contribution in [0.1, 0.15) is 19.5 Å². The normalized spacial score (nSPS) is 11.3. The van der Waals surface area contributed by atoms with E-state index in [1.54, 1.807) is 6.07 Å². The van der Waals surface area contributed by atoms with Gasteiger partial charge in [-0.3, -0.25) is 4.79 Å². The Labute approximate surface area is 163 Å². The van der Waals surface area contributed by atoms with E-state index in [0.717, 1.165) is 33.6 Å². The SMILES string of the molecule is Cc1nn(-c2cc(-c3ccccc3OCC(C)C)[nH]c(=O)c2)c2ccccc12. The zero-order chi connectivity index (χ0) is 19.7. The summed E-state index contributed by atoms with van der Waals surface area (Å²) in [7, 11) is 0. The lowest BCUT2D eigenvalue weighted by molar-refractivity contribution is 0.272. The molecule has 0 aliphatic heterocycles. The molecule has 5 nitrogen and oxygen atoms in total. The summed E-state index contributed by atoms with van der Waals surface area (Å²) in [6.45, 7) is 6.80. The molecule has 0 aliphatic rings. The van der Waals surface area contributed by atoms with E-state index < -0.39 is 0 Å². The second kappa shape index (κ2) is 7.35. The van der Waals surface area contributed by atoms with E-state index in [0.29, 0.717) is 18.2 Å². The molecule has 2 aromatic carbocycles. The smallest absolute Gasteiger partial charge is 0.250 e. The quantitative estimate of drug-likeness (QED) is 0.550. The lowest BCUT2D eigenvalue weighted by Crippen LogP contribution is -2.10. The molecule has 142 valence electrons. The Balaban J connectivity index is 1.84. The number of benzene rings is 2. The van der Waals surface area contributed by atoms with Crippen molar-refractivity contribution in [3.8, 4) is 22.7 Å². The Morgan fingerprint density at radius 1 is 1.07 bits per heavy atom. The predicted octanol–water partition coefficient (Wildman–Crippen LogP) is 4.72. The fourth-order valence-electron chi connectivity index (χ4n) is 3.29. The highest BCUT2D eigenvalue weighted by atomic mass is 16.5. The largest absolute Gasteiger partial charge is 0.493 e. The van der Waals surface area contributed by atoms with Gasteiger partial charge in [0.25, 0.3) is 5.56 Å². The zero-order valence-corrected chi connectivity index (χ0v) is 16.3. The van der Waals surface area contributed by atoms with Gasteiger partial charge in [0.2, 0.25) is 0 Å². The molecule has 2 aromatic heterocycles. The molecule has 0 fully saturated rings. The standard InChI is InChI=1S/C23H23N3O2/c1-15(2)14-28-22-11-7-5-9-19(22)20-12-17(13-23(27)24-20)26-21-10-6-4-8-18(21)16(3)25-26/h4-13,15H,14H2,1-3H3,(H,24,27). The maximum atomic E-state index is 12.4. The Morgan fingerprint density at radius 3 is 2.64 bits per heavy atom. The van der Waals surface area contributed by atoms with Crippen molar-refractivity contribution in [1.82, 2.24) is 14.8 Å². The average molecular weight is 373 g/mol. The van der Waals surface area contributed by atoms with Crippen molar-refractivity contribution in [3.05, 3.63) is 76.7 Å². The Kier molecular flexibility index (Phi) is 4.74. The highest BCUT2D eigenvalue weighted by Crippen LogP contribution is 2.30. The van der Waals surface area contributed by atoms with Crippen molar-refractivity contribution in [1.29, 1.82) is 0 Å². The van der Waals surface area contributed by atoms with Crippen LogP contribution < -0.4 is 10.3 Å². The first kappa shape index (κ1) is 18.0. The van der Waals surface area contributed by atoms with E-state index in [1.165, 1.54) is 0 Å². The van der Waals surface area contributed by atoms with Crippen LogP contribution in [0.5, 0.6) is 5.75 Å². The summed E-state index contributed by atoms with van der Waals surface area (Å²) in [6, 6.07) is 19.3. The third-order valence-corrected chi connectivity index (χ3v) is 4.60. The van der Waals surface area contributed by atoms with Crippen LogP contribution in [-0.4, -0.2) is 21.4 Å². The van der Waals surface area contributed by atoms with E-state index >= 15 is 0 Å². The molecule has 4 aromatic rings. The summed E-state index contributed by atoms with van der Waals surface area (Å²) in [5.41, 5.74) is 4.01. The third-order valence-electron chi connectivity index (χ3n) is 4.60. The molecule has 0 spiro atoms. The van der Waals surface area contributed by atoms with Crippen molar-refractivity contribution in [3.63, 3.8) is 0 Å². The van der Waals surface area contributed by atoms with Crippen LogP contribution in [0.15, 0.2) is 65.5 Å². The van der Waals surface area contributed by atoms with Crippen molar-refractivity contribution < 1.29 is 4.74 Å². The van der Waals surface area contributed by atoms with Gasteiger partial charge in [-0.1, -0.05) is 44.2 Å². The molecule has 0 atom stereocenters. The lowest BCUT2D eigenvalue weighted by atomic mass is 10.1. The van der Waals surface area contributed by atoms with Gasteiger partial charge in [0.1, 0.15) is 5.75 Å². The molecule has 4 rings (SSSR count). The first-order valence-electron chi connectivity index (χ1n) is 9.44. The second-order valence-corrected chi connectivity index (χ2v) is 7.33. The van der Waals surface area contributed by atoms with Crippen LogP contribution in [-0.2, 0) is 0 Å². The summed E-state index contributed by atoms with van der Waals surface area (Å²) < 4.78 is 7.79. The van der Waals surface area contributed by atoms with Crippen molar-refractivity contribution in [2.24, 2.45) is 5.92 Å². The van der Waals surface area contributed by atoms with Crippen molar-refractivity contribution >= 4 is 10.9 Å². The molecule has 0 saturated carbocycles. The minimum absolute atomic E-state index is 0.177. The van der Waals surface area contributed by atoms with Crippen LogP contribution >= 0.6 is 0 Å². The van der Waals surface area contributed by atoms with Gasteiger partial charge >= 0.3 is 0 Å². The van der Waals surface area contributed by atoms with Gasteiger partial charge < -0.3 is 9.72 Å². The van der Waals surface area contributed by atoms with E-state index in [1.807, 2.05) is 66.2 Å². The summed E-state index contributed by atoms with van der Waals surface area (Å²) in [6.07, 6.45) is 0. The number of para-hydroxylation sites is 2. The Morgan fingerprint density at radius 2 is 1.82 bits per heavy atom. The first-order valence-corrected chi connectivity index (χ1v) is 9.44. The van der Waals surface area contributed by atoms with Crippen LogP contribution in [0.4, 0.5) is 0 Å². The van der Waals surface area contributed by atoms with Crippen LogP contribution in [0, 0.1) is 12.8 Å². The maximum Gasteiger partial charge on any atom is 0.250 e. The molecular formula is C23H23N3O2. The molecular weight excluding hydrogens is 350 g/mol. The molecule has 0 saturated heterocycles. The molecule has 28 heavy (non-hydrogen) atoms. The number of aromatic amines is 1. The fourth-order valence-corrected chi connectivity index (χ4v) is 3.29. The van der Waals surface area contributed by atoms with Gasteiger partial charge in [0.15, 0.2) is 0 Å². The van der Waals surface area contributed by atoms with Gasteiger partial charge in [0, 0.05) is 17.0 Å².